The number of amides is 1. The van der Waals surface area contributed by atoms with E-state index >= 15 is 0 Å². The third-order valence-corrected chi connectivity index (χ3v) is 4.21. The zero-order chi connectivity index (χ0) is 16.9. The van der Waals surface area contributed by atoms with Crippen LogP contribution in [0.4, 0.5) is 4.79 Å². The molecule has 4 nitrogen and oxygen atoms in total. The van der Waals surface area contributed by atoms with Crippen molar-refractivity contribution in [3.05, 3.63) is 35.9 Å². The Hall–Kier alpha value is -1.68. The highest BCUT2D eigenvalue weighted by Gasteiger charge is 2.25. The second kappa shape index (κ2) is 7.73. The van der Waals surface area contributed by atoms with Gasteiger partial charge in [-0.25, -0.2) is 4.79 Å². The van der Waals surface area contributed by atoms with Crippen molar-refractivity contribution in [2.24, 2.45) is 10.4 Å². The molecule has 0 spiro atoms. The van der Waals surface area contributed by atoms with Gasteiger partial charge in [0.25, 0.3) is 0 Å². The molecular formula is C19H28N2O2. The first-order valence-electron chi connectivity index (χ1n) is 8.47. The van der Waals surface area contributed by atoms with Gasteiger partial charge in [-0.05, 0) is 24.9 Å². The molecule has 1 amide bonds. The SMILES string of the molecule is CCN1CCC(OC(=O)/N=C(\c2ccccc2)C(C)(C)C)CC1. The molecule has 0 unspecified atom stereocenters. The molecular weight excluding hydrogens is 288 g/mol. The monoisotopic (exact) mass is 316 g/mol. The molecule has 0 atom stereocenters. The molecule has 126 valence electrons. The average molecular weight is 316 g/mol. The van der Waals surface area contributed by atoms with Gasteiger partial charge in [0.05, 0.1) is 5.71 Å². The Morgan fingerprint density at radius 2 is 1.83 bits per heavy atom. The van der Waals surface area contributed by atoms with Crippen molar-refractivity contribution in [2.75, 3.05) is 19.6 Å². The lowest BCUT2D eigenvalue weighted by Gasteiger charge is -2.30. The molecule has 1 heterocycles. The number of carbonyl (C=O) groups excluding carboxylic acids is 1. The predicted octanol–water partition coefficient (Wildman–Crippen LogP) is 4.14. The van der Waals surface area contributed by atoms with E-state index in [0.29, 0.717) is 0 Å². The van der Waals surface area contributed by atoms with Crippen molar-refractivity contribution < 1.29 is 9.53 Å². The van der Waals surface area contributed by atoms with E-state index in [1.165, 1.54) is 0 Å². The molecule has 0 aliphatic carbocycles. The van der Waals surface area contributed by atoms with Gasteiger partial charge in [-0.3, -0.25) is 0 Å². The zero-order valence-electron chi connectivity index (χ0n) is 14.7. The van der Waals surface area contributed by atoms with Gasteiger partial charge in [-0.2, -0.15) is 4.99 Å². The van der Waals surface area contributed by atoms with E-state index in [1.54, 1.807) is 0 Å². The van der Waals surface area contributed by atoms with Gasteiger partial charge in [0, 0.05) is 18.5 Å². The Balaban J connectivity index is 2.06. The van der Waals surface area contributed by atoms with Crippen molar-refractivity contribution in [3.8, 4) is 0 Å². The number of piperidine rings is 1. The third kappa shape index (κ3) is 5.17. The summed E-state index contributed by atoms with van der Waals surface area (Å²) in [6, 6.07) is 9.85. The van der Waals surface area contributed by atoms with Crippen LogP contribution in [0.15, 0.2) is 35.3 Å². The molecule has 0 N–H and O–H groups in total. The van der Waals surface area contributed by atoms with Gasteiger partial charge in [0.15, 0.2) is 0 Å². The molecule has 1 fully saturated rings. The number of carbonyl (C=O) groups is 1. The quantitative estimate of drug-likeness (QED) is 0.787. The first-order chi connectivity index (χ1) is 10.9. The number of hydrogen-bond acceptors (Lipinski definition) is 3. The maximum Gasteiger partial charge on any atom is 0.434 e. The lowest BCUT2D eigenvalue weighted by atomic mass is 9.85. The Bertz CT molecular complexity index is 538. The Labute approximate surface area is 139 Å². The van der Waals surface area contributed by atoms with E-state index in [0.717, 1.165) is 43.8 Å². The Morgan fingerprint density at radius 1 is 1.22 bits per heavy atom. The Morgan fingerprint density at radius 3 is 2.35 bits per heavy atom. The molecule has 2 rings (SSSR count). The summed E-state index contributed by atoms with van der Waals surface area (Å²) in [4.78, 5) is 18.9. The normalized spacial score (nSPS) is 18.0. The van der Waals surface area contributed by atoms with Crippen molar-refractivity contribution in [1.82, 2.24) is 4.90 Å². The fourth-order valence-electron chi connectivity index (χ4n) is 2.86. The number of ether oxygens (including phenoxy) is 1. The fourth-order valence-corrected chi connectivity index (χ4v) is 2.86. The largest absolute Gasteiger partial charge is 0.445 e. The molecule has 1 aromatic rings. The topological polar surface area (TPSA) is 41.9 Å². The molecule has 0 saturated carbocycles. The summed E-state index contributed by atoms with van der Waals surface area (Å²) in [5.74, 6) is 0. The number of benzene rings is 1. The van der Waals surface area contributed by atoms with Crippen LogP contribution in [0.2, 0.25) is 0 Å². The molecule has 0 radical (unpaired) electrons. The van der Waals surface area contributed by atoms with Crippen LogP contribution >= 0.6 is 0 Å². The van der Waals surface area contributed by atoms with E-state index in [-0.39, 0.29) is 11.5 Å². The standard InChI is InChI=1S/C19H28N2O2/c1-5-21-13-11-16(12-14-21)23-18(22)20-17(19(2,3)4)15-9-7-6-8-10-15/h6-10,16H,5,11-14H2,1-4H3/b20-17+. The number of aliphatic imine (C=N–C) groups is 1. The summed E-state index contributed by atoms with van der Waals surface area (Å²) in [6.07, 6.45) is 1.32. The van der Waals surface area contributed by atoms with E-state index in [1.807, 2.05) is 30.3 Å². The second-order valence-corrected chi connectivity index (χ2v) is 7.09. The molecule has 1 saturated heterocycles. The number of nitrogens with zero attached hydrogens (tertiary/aromatic N) is 2. The van der Waals surface area contributed by atoms with Gasteiger partial charge in [-0.1, -0.05) is 58.0 Å². The number of rotatable bonds is 3. The summed E-state index contributed by atoms with van der Waals surface area (Å²) >= 11 is 0. The second-order valence-electron chi connectivity index (χ2n) is 7.09. The average Bonchev–Trinajstić information content (AvgIpc) is 2.53. The molecule has 23 heavy (non-hydrogen) atoms. The van der Waals surface area contributed by atoms with Crippen molar-refractivity contribution >= 4 is 11.8 Å². The molecule has 4 heteroatoms. The fraction of sp³-hybridized carbons (Fsp3) is 0.579. The lowest BCUT2D eigenvalue weighted by Crippen LogP contribution is -2.37. The minimum Gasteiger partial charge on any atom is -0.445 e. The van der Waals surface area contributed by atoms with Crippen molar-refractivity contribution in [3.63, 3.8) is 0 Å². The van der Waals surface area contributed by atoms with Crippen LogP contribution in [-0.2, 0) is 4.74 Å². The van der Waals surface area contributed by atoms with E-state index in [2.05, 4.69) is 37.6 Å². The zero-order valence-corrected chi connectivity index (χ0v) is 14.7. The van der Waals surface area contributed by atoms with E-state index < -0.39 is 6.09 Å². The van der Waals surface area contributed by atoms with Gasteiger partial charge in [0.1, 0.15) is 6.10 Å². The van der Waals surface area contributed by atoms with Gasteiger partial charge in [-0.15, -0.1) is 0 Å². The van der Waals surface area contributed by atoms with Crippen molar-refractivity contribution in [2.45, 2.75) is 46.6 Å². The number of hydrogen-bond donors (Lipinski definition) is 0. The van der Waals surface area contributed by atoms with Crippen LogP contribution in [0.25, 0.3) is 0 Å². The summed E-state index contributed by atoms with van der Waals surface area (Å²) in [5.41, 5.74) is 1.53. The van der Waals surface area contributed by atoms with Crippen molar-refractivity contribution in [1.29, 1.82) is 0 Å². The third-order valence-electron chi connectivity index (χ3n) is 4.21. The summed E-state index contributed by atoms with van der Waals surface area (Å²) in [6.45, 7) is 11.4. The summed E-state index contributed by atoms with van der Waals surface area (Å²) < 4.78 is 5.58. The van der Waals surface area contributed by atoms with Gasteiger partial charge >= 0.3 is 6.09 Å². The lowest BCUT2D eigenvalue weighted by molar-refractivity contribution is 0.0581. The minimum atomic E-state index is -0.464. The molecule has 1 aliphatic heterocycles. The first kappa shape index (κ1) is 17.7. The predicted molar refractivity (Wildman–Crippen MR) is 94.1 cm³/mol. The smallest absolute Gasteiger partial charge is 0.434 e. The minimum absolute atomic E-state index is 0.00829. The van der Waals surface area contributed by atoms with Crippen LogP contribution < -0.4 is 0 Å². The summed E-state index contributed by atoms with van der Waals surface area (Å²) in [7, 11) is 0. The van der Waals surface area contributed by atoms with Crippen LogP contribution in [0.5, 0.6) is 0 Å². The van der Waals surface area contributed by atoms with Crippen LogP contribution in [0, 0.1) is 5.41 Å². The van der Waals surface area contributed by atoms with Gasteiger partial charge in [0.2, 0.25) is 0 Å². The first-order valence-corrected chi connectivity index (χ1v) is 8.47. The van der Waals surface area contributed by atoms with Crippen LogP contribution in [0.3, 0.4) is 0 Å². The summed E-state index contributed by atoms with van der Waals surface area (Å²) in [5, 5.41) is 0. The van der Waals surface area contributed by atoms with E-state index in [4.69, 9.17) is 4.74 Å². The Kier molecular flexibility index (Phi) is 5.94. The maximum absolute atomic E-state index is 12.3. The molecule has 0 bridgehead atoms. The highest BCUT2D eigenvalue weighted by atomic mass is 16.6. The molecule has 0 aromatic heterocycles. The van der Waals surface area contributed by atoms with Gasteiger partial charge < -0.3 is 9.64 Å². The highest BCUT2D eigenvalue weighted by Crippen LogP contribution is 2.23. The maximum atomic E-state index is 12.3. The molecule has 1 aliphatic rings. The highest BCUT2D eigenvalue weighted by molar-refractivity contribution is 6.08. The molecule has 1 aromatic carbocycles. The van der Waals surface area contributed by atoms with E-state index in [9.17, 15) is 4.79 Å². The van der Waals surface area contributed by atoms with Crippen LogP contribution in [-0.4, -0.2) is 42.4 Å². The number of likely N-dealkylation sites (tertiary alicyclic amines) is 1. The van der Waals surface area contributed by atoms with Crippen LogP contribution in [0.1, 0.15) is 46.1 Å².